The van der Waals surface area contributed by atoms with E-state index in [0.29, 0.717) is 18.1 Å². The summed E-state index contributed by atoms with van der Waals surface area (Å²) in [5.41, 5.74) is 0. The highest BCUT2D eigenvalue weighted by Crippen LogP contribution is 2.27. The number of ether oxygens (including phenoxy) is 1. The van der Waals surface area contributed by atoms with E-state index < -0.39 is 10.0 Å². The van der Waals surface area contributed by atoms with Gasteiger partial charge in [-0.1, -0.05) is 23.2 Å². The average Bonchev–Trinajstić information content (AvgIpc) is 2.31. The summed E-state index contributed by atoms with van der Waals surface area (Å²) in [7, 11) is -3.56. The highest BCUT2D eigenvalue weighted by atomic mass is 35.5. The van der Waals surface area contributed by atoms with Crippen molar-refractivity contribution in [1.29, 1.82) is 0 Å². The molecule has 0 unspecified atom stereocenters. The van der Waals surface area contributed by atoms with Gasteiger partial charge in [-0.2, -0.15) is 4.31 Å². The summed E-state index contributed by atoms with van der Waals surface area (Å²) in [5.74, 6) is 0. The molecule has 0 aliphatic carbocycles. The van der Waals surface area contributed by atoms with Crippen molar-refractivity contribution in [3.05, 3.63) is 28.2 Å². The van der Waals surface area contributed by atoms with E-state index in [1.807, 2.05) is 13.8 Å². The number of sulfonamides is 1. The van der Waals surface area contributed by atoms with Crippen LogP contribution in [0.5, 0.6) is 0 Å². The fourth-order valence-electron chi connectivity index (χ4n) is 2.11. The molecule has 1 fully saturated rings. The predicted octanol–water partition coefficient (Wildman–Crippen LogP) is 2.79. The molecule has 0 spiro atoms. The summed E-state index contributed by atoms with van der Waals surface area (Å²) in [5, 5.41) is 0.571. The molecule has 2 atom stereocenters. The first-order valence-corrected chi connectivity index (χ1v) is 8.11. The van der Waals surface area contributed by atoms with Crippen LogP contribution < -0.4 is 0 Å². The SMILES string of the molecule is C[C@H]1CN(S(=O)(=O)c2ccc(Cl)c(Cl)c2)C[C@H](C)O1. The van der Waals surface area contributed by atoms with E-state index in [2.05, 4.69) is 0 Å². The Hall–Kier alpha value is -0.330. The Morgan fingerprint density at radius 1 is 1.16 bits per heavy atom. The Morgan fingerprint density at radius 2 is 1.74 bits per heavy atom. The van der Waals surface area contributed by atoms with Crippen LogP contribution >= 0.6 is 23.2 Å². The number of benzene rings is 1. The number of hydrogen-bond donors (Lipinski definition) is 0. The zero-order valence-corrected chi connectivity index (χ0v) is 13.0. The van der Waals surface area contributed by atoms with E-state index in [1.165, 1.54) is 22.5 Å². The lowest BCUT2D eigenvalue weighted by Crippen LogP contribution is -2.48. The standard InChI is InChI=1S/C12H15Cl2NO3S/c1-8-6-15(7-9(2)18-8)19(16,17)10-3-4-11(13)12(14)5-10/h3-5,8-9H,6-7H2,1-2H3/t8-,9-/m0/s1. The Balaban J connectivity index is 2.33. The molecular weight excluding hydrogens is 309 g/mol. The zero-order valence-electron chi connectivity index (χ0n) is 10.6. The van der Waals surface area contributed by atoms with Crippen LogP contribution in [0.2, 0.25) is 10.0 Å². The molecule has 1 heterocycles. The van der Waals surface area contributed by atoms with Gasteiger partial charge in [0.25, 0.3) is 0 Å². The molecule has 0 saturated carbocycles. The molecule has 1 saturated heterocycles. The largest absolute Gasteiger partial charge is 0.373 e. The predicted molar refractivity (Wildman–Crippen MR) is 75.2 cm³/mol. The van der Waals surface area contributed by atoms with Gasteiger partial charge in [-0.15, -0.1) is 0 Å². The normalized spacial score (nSPS) is 25.5. The maximum absolute atomic E-state index is 12.5. The lowest BCUT2D eigenvalue weighted by molar-refractivity contribution is -0.0440. The number of halogens is 2. The van der Waals surface area contributed by atoms with Crippen molar-refractivity contribution < 1.29 is 13.2 Å². The molecule has 106 valence electrons. The molecule has 4 nitrogen and oxygen atoms in total. The van der Waals surface area contributed by atoms with Gasteiger partial charge in [0.1, 0.15) is 0 Å². The van der Waals surface area contributed by atoms with Crippen LogP contribution in [0.15, 0.2) is 23.1 Å². The molecule has 19 heavy (non-hydrogen) atoms. The van der Waals surface area contributed by atoms with Crippen molar-refractivity contribution in [2.45, 2.75) is 31.0 Å². The second-order valence-corrected chi connectivity index (χ2v) is 7.41. The van der Waals surface area contributed by atoms with Gasteiger partial charge in [-0.25, -0.2) is 8.42 Å². The number of morpholine rings is 1. The topological polar surface area (TPSA) is 46.6 Å². The highest BCUT2D eigenvalue weighted by molar-refractivity contribution is 7.89. The minimum absolute atomic E-state index is 0.124. The Morgan fingerprint density at radius 3 is 2.26 bits per heavy atom. The molecular formula is C12H15Cl2NO3S. The second kappa shape index (κ2) is 5.58. The lowest BCUT2D eigenvalue weighted by Gasteiger charge is -2.34. The molecule has 2 rings (SSSR count). The summed E-state index contributed by atoms with van der Waals surface area (Å²) in [6.45, 7) is 4.39. The molecule has 1 aromatic carbocycles. The van der Waals surface area contributed by atoms with Crippen LogP contribution in [0, 0.1) is 0 Å². The maximum Gasteiger partial charge on any atom is 0.243 e. The molecule has 1 aliphatic rings. The third kappa shape index (κ3) is 3.23. The average molecular weight is 324 g/mol. The fraction of sp³-hybridized carbons (Fsp3) is 0.500. The minimum Gasteiger partial charge on any atom is -0.373 e. The number of rotatable bonds is 2. The molecule has 0 aromatic heterocycles. The highest BCUT2D eigenvalue weighted by Gasteiger charge is 2.32. The first-order valence-electron chi connectivity index (χ1n) is 5.91. The van der Waals surface area contributed by atoms with Crippen LogP contribution in [-0.4, -0.2) is 38.0 Å². The van der Waals surface area contributed by atoms with E-state index in [0.717, 1.165) is 0 Å². The summed E-state index contributed by atoms with van der Waals surface area (Å²) >= 11 is 11.7. The smallest absolute Gasteiger partial charge is 0.243 e. The van der Waals surface area contributed by atoms with Gasteiger partial charge >= 0.3 is 0 Å². The van der Waals surface area contributed by atoms with Crippen molar-refractivity contribution >= 4 is 33.2 Å². The van der Waals surface area contributed by atoms with Gasteiger partial charge in [0.05, 0.1) is 27.1 Å². The zero-order chi connectivity index (χ0) is 14.2. The molecule has 7 heteroatoms. The van der Waals surface area contributed by atoms with Crippen LogP contribution in [0.1, 0.15) is 13.8 Å². The van der Waals surface area contributed by atoms with Crippen LogP contribution in [-0.2, 0) is 14.8 Å². The van der Waals surface area contributed by atoms with Crippen molar-refractivity contribution in [2.75, 3.05) is 13.1 Å². The quantitative estimate of drug-likeness (QED) is 0.840. The van der Waals surface area contributed by atoms with Gasteiger partial charge < -0.3 is 4.74 Å². The first kappa shape index (κ1) is 15.1. The Labute approximate surface area is 123 Å². The van der Waals surface area contributed by atoms with Crippen molar-refractivity contribution in [3.8, 4) is 0 Å². The summed E-state index contributed by atoms with van der Waals surface area (Å²) in [6.07, 6.45) is -0.248. The van der Waals surface area contributed by atoms with Gasteiger partial charge in [-0.3, -0.25) is 0 Å². The monoisotopic (exact) mass is 323 g/mol. The molecule has 1 aromatic rings. The van der Waals surface area contributed by atoms with Gasteiger partial charge in [0.15, 0.2) is 0 Å². The van der Waals surface area contributed by atoms with E-state index in [-0.39, 0.29) is 22.1 Å². The Bertz CT molecular complexity index is 566. The van der Waals surface area contributed by atoms with Crippen LogP contribution in [0.25, 0.3) is 0 Å². The fourth-order valence-corrected chi connectivity index (χ4v) is 4.09. The lowest BCUT2D eigenvalue weighted by atomic mass is 10.3. The van der Waals surface area contributed by atoms with Crippen molar-refractivity contribution in [1.82, 2.24) is 4.31 Å². The van der Waals surface area contributed by atoms with E-state index in [1.54, 1.807) is 0 Å². The number of nitrogens with zero attached hydrogens (tertiary/aromatic N) is 1. The summed E-state index contributed by atoms with van der Waals surface area (Å²) in [4.78, 5) is 0.156. The molecule has 0 amide bonds. The summed E-state index contributed by atoms with van der Waals surface area (Å²) in [6, 6.07) is 4.34. The minimum atomic E-state index is -3.56. The second-order valence-electron chi connectivity index (χ2n) is 4.66. The van der Waals surface area contributed by atoms with E-state index >= 15 is 0 Å². The van der Waals surface area contributed by atoms with Gasteiger partial charge in [-0.05, 0) is 32.0 Å². The Kier molecular flexibility index (Phi) is 4.42. The van der Waals surface area contributed by atoms with Crippen LogP contribution in [0.3, 0.4) is 0 Å². The third-order valence-corrected chi connectivity index (χ3v) is 5.48. The number of hydrogen-bond acceptors (Lipinski definition) is 3. The molecule has 0 N–H and O–H groups in total. The maximum atomic E-state index is 12.5. The van der Waals surface area contributed by atoms with Crippen molar-refractivity contribution in [2.24, 2.45) is 0 Å². The molecule has 1 aliphatic heterocycles. The molecule has 0 bridgehead atoms. The van der Waals surface area contributed by atoms with E-state index in [9.17, 15) is 8.42 Å². The molecule has 0 radical (unpaired) electrons. The van der Waals surface area contributed by atoms with Gasteiger partial charge in [0.2, 0.25) is 10.0 Å². The first-order chi connectivity index (χ1) is 8.80. The van der Waals surface area contributed by atoms with Crippen LogP contribution in [0.4, 0.5) is 0 Å². The third-order valence-electron chi connectivity index (χ3n) is 2.91. The van der Waals surface area contributed by atoms with Gasteiger partial charge in [0, 0.05) is 13.1 Å². The van der Waals surface area contributed by atoms with Crippen molar-refractivity contribution in [3.63, 3.8) is 0 Å². The van der Waals surface area contributed by atoms with E-state index in [4.69, 9.17) is 27.9 Å². The summed E-state index contributed by atoms with van der Waals surface area (Å²) < 4.78 is 32.0.